The molecule has 0 spiro atoms. The van der Waals surface area contributed by atoms with Crippen LogP contribution < -0.4 is 9.64 Å². The van der Waals surface area contributed by atoms with Crippen LogP contribution in [0, 0.1) is 6.92 Å². The Morgan fingerprint density at radius 1 is 0.923 bits per heavy atom. The molecule has 0 radical (unpaired) electrons. The van der Waals surface area contributed by atoms with Crippen molar-refractivity contribution < 1.29 is 18.7 Å². The van der Waals surface area contributed by atoms with Crippen molar-refractivity contribution in [2.75, 3.05) is 44.7 Å². The van der Waals surface area contributed by atoms with Crippen LogP contribution >= 0.6 is 0 Å². The first-order valence-corrected chi connectivity index (χ1v) is 12.9. The highest BCUT2D eigenvalue weighted by Crippen LogP contribution is 2.20. The topological polar surface area (TPSA) is 92.0 Å². The number of carbonyl (C=O) groups excluding carboxylic acids is 2. The van der Waals surface area contributed by atoms with Gasteiger partial charge in [0.15, 0.2) is 5.82 Å². The fourth-order valence-electron chi connectivity index (χ4n) is 4.53. The summed E-state index contributed by atoms with van der Waals surface area (Å²) in [5.74, 6) is 1.70. The lowest BCUT2D eigenvalue weighted by molar-refractivity contribution is -0.132. The normalized spacial score (nSPS) is 13.3. The van der Waals surface area contributed by atoms with E-state index in [1.165, 1.54) is 10.5 Å². The Balaban J connectivity index is 1.20. The van der Waals surface area contributed by atoms with Crippen LogP contribution in [-0.2, 0) is 11.3 Å². The Morgan fingerprint density at radius 2 is 1.67 bits per heavy atom. The van der Waals surface area contributed by atoms with Gasteiger partial charge >= 0.3 is 0 Å². The molecule has 1 aliphatic heterocycles. The Bertz CT molecular complexity index is 1380. The van der Waals surface area contributed by atoms with Crippen molar-refractivity contribution in [2.45, 2.75) is 13.5 Å². The van der Waals surface area contributed by atoms with Gasteiger partial charge in [0.1, 0.15) is 18.1 Å². The fourth-order valence-corrected chi connectivity index (χ4v) is 4.53. The highest BCUT2D eigenvalue weighted by atomic mass is 16.5. The lowest BCUT2D eigenvalue weighted by Crippen LogP contribution is -2.52. The molecular formula is C30H31N5O4. The van der Waals surface area contributed by atoms with Gasteiger partial charge in [-0.15, -0.1) is 10.2 Å². The minimum Gasteiger partial charge on any atom is -0.497 e. The van der Waals surface area contributed by atoms with Gasteiger partial charge in [0.2, 0.25) is 5.91 Å². The number of anilines is 1. The van der Waals surface area contributed by atoms with Crippen molar-refractivity contribution in [2.24, 2.45) is 0 Å². The summed E-state index contributed by atoms with van der Waals surface area (Å²) in [6.45, 7) is 4.54. The fraction of sp³-hybridized carbons (Fsp3) is 0.267. The lowest BCUT2D eigenvalue weighted by atomic mass is 10.1. The summed E-state index contributed by atoms with van der Waals surface area (Å²) >= 11 is 0. The van der Waals surface area contributed by atoms with Crippen LogP contribution in [0.5, 0.6) is 5.75 Å². The van der Waals surface area contributed by atoms with Gasteiger partial charge in [0.25, 0.3) is 5.91 Å². The maximum atomic E-state index is 13.3. The van der Waals surface area contributed by atoms with Crippen LogP contribution in [0.15, 0.2) is 83.5 Å². The molecule has 9 heteroatoms. The number of furan rings is 1. The van der Waals surface area contributed by atoms with Gasteiger partial charge in [-0.05, 0) is 55.5 Å². The van der Waals surface area contributed by atoms with Crippen molar-refractivity contribution in [3.05, 3.63) is 95.9 Å². The zero-order chi connectivity index (χ0) is 27.2. The SMILES string of the molecule is COc1ccc(C(=O)N(CC(=O)N2CCN(c3ccc(-c4ccc(C)cc4)nn3)CC2)Cc2ccco2)cc1. The first-order chi connectivity index (χ1) is 19.0. The number of amides is 2. The number of hydrogen-bond acceptors (Lipinski definition) is 7. The molecule has 4 aromatic rings. The monoisotopic (exact) mass is 525 g/mol. The molecule has 39 heavy (non-hydrogen) atoms. The third kappa shape index (κ3) is 6.26. The number of aryl methyl sites for hydroxylation is 1. The Hall–Kier alpha value is -4.66. The summed E-state index contributed by atoms with van der Waals surface area (Å²) in [5, 5.41) is 8.84. The van der Waals surface area contributed by atoms with Crippen LogP contribution in [0.2, 0.25) is 0 Å². The van der Waals surface area contributed by atoms with E-state index in [4.69, 9.17) is 9.15 Å². The number of hydrogen-bond donors (Lipinski definition) is 0. The summed E-state index contributed by atoms with van der Waals surface area (Å²) in [7, 11) is 1.57. The van der Waals surface area contributed by atoms with E-state index in [2.05, 4.69) is 34.2 Å². The number of piperazine rings is 1. The average Bonchev–Trinajstić information content (AvgIpc) is 3.50. The number of nitrogens with zero attached hydrogens (tertiary/aromatic N) is 5. The van der Waals surface area contributed by atoms with E-state index in [9.17, 15) is 9.59 Å². The van der Waals surface area contributed by atoms with E-state index in [0.29, 0.717) is 43.3 Å². The number of ether oxygens (including phenoxy) is 1. The molecule has 0 N–H and O–H groups in total. The van der Waals surface area contributed by atoms with Crippen molar-refractivity contribution in [1.82, 2.24) is 20.0 Å². The number of methoxy groups -OCH3 is 1. The molecular weight excluding hydrogens is 494 g/mol. The lowest BCUT2D eigenvalue weighted by Gasteiger charge is -2.36. The first-order valence-electron chi connectivity index (χ1n) is 12.9. The first kappa shape index (κ1) is 26.0. The third-order valence-electron chi connectivity index (χ3n) is 6.83. The molecule has 200 valence electrons. The highest BCUT2D eigenvalue weighted by Gasteiger charge is 2.26. The predicted molar refractivity (Wildman–Crippen MR) is 147 cm³/mol. The minimum atomic E-state index is -0.245. The smallest absolute Gasteiger partial charge is 0.254 e. The Kier molecular flexibility index (Phi) is 7.86. The van der Waals surface area contributed by atoms with E-state index in [-0.39, 0.29) is 24.9 Å². The molecule has 0 saturated carbocycles. The van der Waals surface area contributed by atoms with Gasteiger partial charge in [-0.1, -0.05) is 29.8 Å². The van der Waals surface area contributed by atoms with Gasteiger partial charge in [-0.2, -0.15) is 0 Å². The summed E-state index contributed by atoms with van der Waals surface area (Å²) in [4.78, 5) is 32.0. The van der Waals surface area contributed by atoms with E-state index >= 15 is 0 Å². The van der Waals surface area contributed by atoms with Crippen LogP contribution in [0.4, 0.5) is 5.82 Å². The molecule has 2 aromatic carbocycles. The Labute approximate surface area is 227 Å². The third-order valence-corrected chi connectivity index (χ3v) is 6.83. The number of aromatic nitrogens is 2. The van der Waals surface area contributed by atoms with E-state index in [1.54, 1.807) is 54.7 Å². The summed E-state index contributed by atoms with van der Waals surface area (Å²) in [6, 6.07) is 22.6. The number of rotatable bonds is 8. The molecule has 0 aliphatic carbocycles. The second-order valence-electron chi connectivity index (χ2n) is 9.48. The number of benzene rings is 2. The summed E-state index contributed by atoms with van der Waals surface area (Å²) in [6.07, 6.45) is 1.56. The van der Waals surface area contributed by atoms with Gasteiger partial charge in [-0.25, -0.2) is 0 Å². The zero-order valence-corrected chi connectivity index (χ0v) is 22.1. The van der Waals surface area contributed by atoms with Crippen molar-refractivity contribution >= 4 is 17.6 Å². The minimum absolute atomic E-state index is 0.0450. The quantitative estimate of drug-likeness (QED) is 0.343. The molecule has 5 rings (SSSR count). The summed E-state index contributed by atoms with van der Waals surface area (Å²) in [5.41, 5.74) is 3.53. The van der Waals surface area contributed by atoms with E-state index in [0.717, 1.165) is 17.1 Å². The molecule has 0 unspecified atom stereocenters. The second kappa shape index (κ2) is 11.8. The number of carbonyl (C=O) groups is 2. The molecule has 0 bridgehead atoms. The molecule has 1 fully saturated rings. The molecule has 2 amide bonds. The zero-order valence-electron chi connectivity index (χ0n) is 22.1. The molecule has 3 heterocycles. The van der Waals surface area contributed by atoms with Gasteiger partial charge < -0.3 is 23.9 Å². The van der Waals surface area contributed by atoms with Crippen molar-refractivity contribution in [3.63, 3.8) is 0 Å². The highest BCUT2D eigenvalue weighted by molar-refractivity contribution is 5.96. The second-order valence-corrected chi connectivity index (χ2v) is 9.48. The maximum absolute atomic E-state index is 13.3. The molecule has 1 saturated heterocycles. The molecule has 9 nitrogen and oxygen atoms in total. The molecule has 0 atom stereocenters. The predicted octanol–water partition coefficient (Wildman–Crippen LogP) is 4.04. The van der Waals surface area contributed by atoms with Gasteiger partial charge in [-0.3, -0.25) is 9.59 Å². The van der Waals surface area contributed by atoms with Crippen molar-refractivity contribution in [1.29, 1.82) is 0 Å². The summed E-state index contributed by atoms with van der Waals surface area (Å²) < 4.78 is 10.7. The van der Waals surface area contributed by atoms with Crippen LogP contribution in [-0.4, -0.2) is 71.6 Å². The van der Waals surface area contributed by atoms with Crippen LogP contribution in [0.1, 0.15) is 21.7 Å². The average molecular weight is 526 g/mol. The van der Waals surface area contributed by atoms with Gasteiger partial charge in [0, 0.05) is 37.3 Å². The van der Waals surface area contributed by atoms with Crippen LogP contribution in [0.25, 0.3) is 11.3 Å². The largest absolute Gasteiger partial charge is 0.497 e. The van der Waals surface area contributed by atoms with Crippen molar-refractivity contribution in [3.8, 4) is 17.0 Å². The van der Waals surface area contributed by atoms with E-state index < -0.39 is 0 Å². The van der Waals surface area contributed by atoms with Crippen LogP contribution in [0.3, 0.4) is 0 Å². The molecule has 2 aromatic heterocycles. The van der Waals surface area contributed by atoms with Gasteiger partial charge in [0.05, 0.1) is 25.6 Å². The molecule has 1 aliphatic rings. The van der Waals surface area contributed by atoms with E-state index in [1.807, 2.05) is 24.3 Å². The standard InChI is InChI=1S/C30H31N5O4/c1-22-5-7-23(8-6-22)27-13-14-28(32-31-27)33-15-17-34(18-16-33)29(36)21-35(20-26-4-3-19-39-26)30(37)24-9-11-25(38-2)12-10-24/h3-14,19H,15-18,20-21H2,1-2H3. The maximum Gasteiger partial charge on any atom is 0.254 e. The Morgan fingerprint density at radius 3 is 2.28 bits per heavy atom.